The average molecular weight is 425 g/mol. The summed E-state index contributed by atoms with van der Waals surface area (Å²) in [5, 5.41) is 4.74. The molecule has 146 valence electrons. The summed E-state index contributed by atoms with van der Waals surface area (Å²) in [7, 11) is 0. The Morgan fingerprint density at radius 2 is 1.83 bits per heavy atom. The molecular weight excluding hydrogens is 407 g/mol. The lowest BCUT2D eigenvalue weighted by Crippen LogP contribution is -2.20. The van der Waals surface area contributed by atoms with E-state index in [1.54, 1.807) is 18.2 Å². The molecule has 4 aromatic rings. The van der Waals surface area contributed by atoms with Crippen molar-refractivity contribution in [3.63, 3.8) is 0 Å². The van der Waals surface area contributed by atoms with Gasteiger partial charge in [0.15, 0.2) is 6.61 Å². The smallest absolute Gasteiger partial charge is 0.262 e. The lowest BCUT2D eigenvalue weighted by molar-refractivity contribution is -0.118. The maximum atomic E-state index is 12.2. The van der Waals surface area contributed by atoms with Crippen LogP contribution < -0.4 is 10.1 Å². The Bertz CT molecular complexity index is 1160. The van der Waals surface area contributed by atoms with Gasteiger partial charge in [0.2, 0.25) is 0 Å². The minimum atomic E-state index is -0.300. The molecule has 29 heavy (non-hydrogen) atoms. The van der Waals surface area contributed by atoms with Crippen LogP contribution >= 0.6 is 23.2 Å². The molecule has 6 heteroatoms. The van der Waals surface area contributed by atoms with Gasteiger partial charge in [0.1, 0.15) is 5.75 Å². The number of carbonyl (C=O) groups is 1. The first-order chi connectivity index (χ1) is 14.1. The van der Waals surface area contributed by atoms with E-state index in [1.807, 2.05) is 42.6 Å². The van der Waals surface area contributed by atoms with Crippen LogP contribution in [0.25, 0.3) is 10.9 Å². The number of hydrogen-bond acceptors (Lipinski definition) is 2. The number of fused-ring (bicyclic) bond motifs is 1. The molecule has 3 aromatic carbocycles. The number of anilines is 1. The van der Waals surface area contributed by atoms with Gasteiger partial charge >= 0.3 is 0 Å². The molecule has 4 rings (SSSR count). The summed E-state index contributed by atoms with van der Waals surface area (Å²) >= 11 is 11.9. The van der Waals surface area contributed by atoms with Crippen LogP contribution in [0.5, 0.6) is 5.75 Å². The van der Waals surface area contributed by atoms with Gasteiger partial charge in [-0.25, -0.2) is 0 Å². The Morgan fingerprint density at radius 1 is 1.00 bits per heavy atom. The molecule has 0 bridgehead atoms. The third-order valence-corrected chi connectivity index (χ3v) is 5.10. The lowest BCUT2D eigenvalue weighted by Gasteiger charge is -2.09. The molecule has 0 fully saturated rings. The largest absolute Gasteiger partial charge is 0.484 e. The second-order valence-corrected chi connectivity index (χ2v) is 7.49. The highest BCUT2D eigenvalue weighted by atomic mass is 35.5. The average Bonchev–Trinajstić information content (AvgIpc) is 3.11. The Kier molecular flexibility index (Phi) is 5.74. The summed E-state index contributed by atoms with van der Waals surface area (Å²) in [5.41, 5.74) is 3.93. The number of nitrogens with one attached hydrogen (secondary N) is 2. The van der Waals surface area contributed by atoms with Crippen LogP contribution in [0.15, 0.2) is 72.9 Å². The molecule has 0 aliphatic heterocycles. The third-order valence-electron chi connectivity index (χ3n) is 4.55. The summed E-state index contributed by atoms with van der Waals surface area (Å²) in [6.07, 6.45) is 2.86. The maximum Gasteiger partial charge on any atom is 0.262 e. The minimum absolute atomic E-state index is 0.123. The number of aromatic amines is 1. The lowest BCUT2D eigenvalue weighted by atomic mass is 10.0. The molecular formula is C23H18Cl2N2O2. The fourth-order valence-corrected chi connectivity index (χ4v) is 3.60. The van der Waals surface area contributed by atoms with Crippen molar-refractivity contribution in [1.29, 1.82) is 0 Å². The fraction of sp³-hybridized carbons (Fsp3) is 0.0870. The number of H-pyrrole nitrogens is 1. The highest BCUT2D eigenvalue weighted by molar-refractivity contribution is 6.36. The van der Waals surface area contributed by atoms with Crippen molar-refractivity contribution < 1.29 is 9.53 Å². The highest BCUT2D eigenvalue weighted by Crippen LogP contribution is 2.26. The number of carbonyl (C=O) groups excluding carboxylic acids is 1. The zero-order valence-electron chi connectivity index (χ0n) is 15.4. The van der Waals surface area contributed by atoms with Gasteiger partial charge in [-0.05, 0) is 47.9 Å². The SMILES string of the molecule is O=C(COc1ccc2c(Cc3ccccc3)c[nH]c2c1)Nc1ccc(Cl)cc1Cl. The molecule has 0 unspecified atom stereocenters. The van der Waals surface area contributed by atoms with Gasteiger partial charge in [0.05, 0.1) is 10.7 Å². The Balaban J connectivity index is 1.40. The molecule has 4 nitrogen and oxygen atoms in total. The molecule has 0 aliphatic rings. The van der Waals surface area contributed by atoms with Crippen LogP contribution in [-0.4, -0.2) is 17.5 Å². The number of hydrogen-bond donors (Lipinski definition) is 2. The van der Waals surface area contributed by atoms with E-state index >= 15 is 0 Å². The monoisotopic (exact) mass is 424 g/mol. The van der Waals surface area contributed by atoms with Crippen LogP contribution in [0.3, 0.4) is 0 Å². The van der Waals surface area contributed by atoms with E-state index in [9.17, 15) is 4.79 Å². The number of halogens is 2. The van der Waals surface area contributed by atoms with Crippen molar-refractivity contribution in [3.8, 4) is 5.75 Å². The molecule has 1 heterocycles. The van der Waals surface area contributed by atoms with Gasteiger partial charge in [-0.15, -0.1) is 0 Å². The molecule has 0 saturated heterocycles. The highest BCUT2D eigenvalue weighted by Gasteiger charge is 2.09. The third kappa shape index (κ3) is 4.73. The summed E-state index contributed by atoms with van der Waals surface area (Å²) in [6, 6.07) is 21.0. The standard InChI is InChI=1S/C23H18Cl2N2O2/c24-17-6-9-21(20(25)11-17)27-23(28)14-29-18-7-8-19-16(13-26-22(19)12-18)10-15-4-2-1-3-5-15/h1-9,11-13,26H,10,14H2,(H,27,28). The molecule has 0 spiro atoms. The Morgan fingerprint density at radius 3 is 2.62 bits per heavy atom. The molecule has 1 amide bonds. The first-order valence-electron chi connectivity index (χ1n) is 9.10. The Labute approximate surface area is 178 Å². The number of ether oxygens (including phenoxy) is 1. The van der Waals surface area contributed by atoms with Gasteiger partial charge in [-0.3, -0.25) is 4.79 Å². The molecule has 0 atom stereocenters. The van der Waals surface area contributed by atoms with Gasteiger partial charge in [0.25, 0.3) is 5.91 Å². The van der Waals surface area contributed by atoms with Crippen molar-refractivity contribution in [2.45, 2.75) is 6.42 Å². The van der Waals surface area contributed by atoms with E-state index in [0.29, 0.717) is 21.5 Å². The Hall–Kier alpha value is -2.95. The second-order valence-electron chi connectivity index (χ2n) is 6.64. The van der Waals surface area contributed by atoms with Crippen molar-refractivity contribution in [2.75, 3.05) is 11.9 Å². The normalized spacial score (nSPS) is 10.8. The van der Waals surface area contributed by atoms with Crippen molar-refractivity contribution >= 4 is 45.7 Å². The predicted molar refractivity (Wildman–Crippen MR) is 118 cm³/mol. The van der Waals surface area contributed by atoms with Crippen LogP contribution in [-0.2, 0) is 11.2 Å². The zero-order valence-corrected chi connectivity index (χ0v) is 16.9. The van der Waals surface area contributed by atoms with E-state index in [4.69, 9.17) is 27.9 Å². The zero-order chi connectivity index (χ0) is 20.2. The van der Waals surface area contributed by atoms with E-state index < -0.39 is 0 Å². The molecule has 0 radical (unpaired) electrons. The van der Waals surface area contributed by atoms with E-state index in [2.05, 4.69) is 22.4 Å². The van der Waals surface area contributed by atoms with Crippen LogP contribution in [0.2, 0.25) is 10.0 Å². The number of amides is 1. The summed E-state index contributed by atoms with van der Waals surface area (Å²) in [5.74, 6) is 0.313. The number of benzene rings is 3. The minimum Gasteiger partial charge on any atom is -0.484 e. The molecule has 0 aliphatic carbocycles. The van der Waals surface area contributed by atoms with E-state index in [1.165, 1.54) is 11.1 Å². The van der Waals surface area contributed by atoms with Crippen molar-refractivity contribution in [2.24, 2.45) is 0 Å². The fourth-order valence-electron chi connectivity index (χ4n) is 3.14. The molecule has 0 saturated carbocycles. The van der Waals surface area contributed by atoms with E-state index in [-0.39, 0.29) is 12.5 Å². The van der Waals surface area contributed by atoms with Gasteiger partial charge < -0.3 is 15.0 Å². The maximum absolute atomic E-state index is 12.2. The molecule has 2 N–H and O–H groups in total. The summed E-state index contributed by atoms with van der Waals surface area (Å²) < 4.78 is 5.64. The second kappa shape index (κ2) is 8.60. The van der Waals surface area contributed by atoms with E-state index in [0.717, 1.165) is 17.3 Å². The first kappa shape index (κ1) is 19.4. The topological polar surface area (TPSA) is 54.1 Å². The summed E-state index contributed by atoms with van der Waals surface area (Å²) in [4.78, 5) is 15.4. The van der Waals surface area contributed by atoms with Crippen molar-refractivity contribution in [3.05, 3.63) is 94.1 Å². The number of rotatable bonds is 6. The summed E-state index contributed by atoms with van der Waals surface area (Å²) in [6.45, 7) is -0.123. The van der Waals surface area contributed by atoms with Gasteiger partial charge in [0, 0.05) is 28.2 Å². The van der Waals surface area contributed by atoms with Gasteiger partial charge in [-0.1, -0.05) is 53.5 Å². The quantitative estimate of drug-likeness (QED) is 0.393. The number of aromatic nitrogens is 1. The van der Waals surface area contributed by atoms with Crippen LogP contribution in [0.4, 0.5) is 5.69 Å². The molecule has 1 aromatic heterocycles. The van der Waals surface area contributed by atoms with Crippen molar-refractivity contribution in [1.82, 2.24) is 4.98 Å². The van der Waals surface area contributed by atoms with Crippen LogP contribution in [0.1, 0.15) is 11.1 Å². The predicted octanol–water partition coefficient (Wildman–Crippen LogP) is 6.08. The first-order valence-corrected chi connectivity index (χ1v) is 9.86. The van der Waals surface area contributed by atoms with Crippen LogP contribution in [0, 0.1) is 0 Å². The van der Waals surface area contributed by atoms with Gasteiger partial charge in [-0.2, -0.15) is 0 Å².